The van der Waals surface area contributed by atoms with Crippen molar-refractivity contribution in [1.29, 1.82) is 0 Å². The van der Waals surface area contributed by atoms with Crippen LogP contribution in [0.3, 0.4) is 0 Å². The van der Waals surface area contributed by atoms with Crippen LogP contribution in [-0.2, 0) is 21.4 Å². The third kappa shape index (κ3) is 4.01. The Morgan fingerprint density at radius 2 is 2.10 bits per heavy atom. The van der Waals surface area contributed by atoms with E-state index in [0.29, 0.717) is 11.5 Å². The van der Waals surface area contributed by atoms with Crippen LogP contribution in [0.25, 0.3) is 10.1 Å². The van der Waals surface area contributed by atoms with Crippen LogP contribution in [0.4, 0.5) is 0 Å². The second-order valence-electron chi connectivity index (χ2n) is 4.46. The summed E-state index contributed by atoms with van der Waals surface area (Å²) in [6.45, 7) is 0.306. The molecule has 0 aliphatic carbocycles. The second-order valence-corrected chi connectivity index (χ2v) is 7.25. The molecule has 0 saturated heterocycles. The van der Waals surface area contributed by atoms with Gasteiger partial charge in [-0.2, -0.15) is 0 Å². The van der Waals surface area contributed by atoms with Crippen molar-refractivity contribution in [2.75, 3.05) is 19.4 Å². The van der Waals surface area contributed by atoms with Crippen molar-refractivity contribution >= 4 is 37.4 Å². The number of methoxy groups -OCH3 is 1. The van der Waals surface area contributed by atoms with Gasteiger partial charge in [0.05, 0.1) is 17.2 Å². The maximum atomic E-state index is 12.2. The zero-order valence-electron chi connectivity index (χ0n) is 11.5. The molecule has 2 aromatic rings. The Morgan fingerprint density at radius 1 is 1.38 bits per heavy atom. The zero-order valence-corrected chi connectivity index (χ0v) is 13.1. The number of hydrogen-bond donors (Lipinski definition) is 2. The molecule has 0 spiro atoms. The predicted octanol–water partition coefficient (Wildman–Crippen LogP) is 1.07. The standard InChI is InChI=1S/C13H16N2O4S2/c1-19-8-10-9-4-2-3-5-11(9)20-12(10)13(16)15-6-7-21(14,17)18/h2-5H,6-8H2,1H3,(H,15,16)(H2,14,17,18). The van der Waals surface area contributed by atoms with Crippen molar-refractivity contribution in [1.82, 2.24) is 5.32 Å². The molecular weight excluding hydrogens is 312 g/mol. The molecule has 1 aromatic heterocycles. The molecule has 114 valence electrons. The summed E-state index contributed by atoms with van der Waals surface area (Å²) in [7, 11) is -2.02. The minimum Gasteiger partial charge on any atom is -0.380 e. The van der Waals surface area contributed by atoms with E-state index in [4.69, 9.17) is 9.88 Å². The highest BCUT2D eigenvalue weighted by atomic mass is 32.2. The average Bonchev–Trinajstić information content (AvgIpc) is 2.77. The van der Waals surface area contributed by atoms with E-state index >= 15 is 0 Å². The lowest BCUT2D eigenvalue weighted by Gasteiger charge is -2.05. The topological polar surface area (TPSA) is 98.5 Å². The first-order chi connectivity index (χ1) is 9.92. The van der Waals surface area contributed by atoms with Crippen LogP contribution >= 0.6 is 11.3 Å². The van der Waals surface area contributed by atoms with Crippen molar-refractivity contribution in [3.63, 3.8) is 0 Å². The van der Waals surface area contributed by atoms with Crippen LogP contribution in [-0.4, -0.2) is 33.7 Å². The van der Waals surface area contributed by atoms with Crippen LogP contribution in [0.5, 0.6) is 0 Å². The van der Waals surface area contributed by atoms with Gasteiger partial charge in [0.15, 0.2) is 0 Å². The highest BCUT2D eigenvalue weighted by Crippen LogP contribution is 2.31. The van der Waals surface area contributed by atoms with E-state index in [1.165, 1.54) is 11.3 Å². The monoisotopic (exact) mass is 328 g/mol. The number of rotatable bonds is 6. The Morgan fingerprint density at radius 3 is 2.76 bits per heavy atom. The number of fused-ring (bicyclic) bond motifs is 1. The first-order valence-corrected chi connectivity index (χ1v) is 8.73. The summed E-state index contributed by atoms with van der Waals surface area (Å²) in [6.07, 6.45) is 0. The minimum absolute atomic E-state index is 0.0155. The minimum atomic E-state index is -3.58. The molecular formula is C13H16N2O4S2. The molecule has 0 fully saturated rings. The van der Waals surface area contributed by atoms with Gasteiger partial charge in [0.25, 0.3) is 5.91 Å². The molecule has 0 atom stereocenters. The Balaban J connectivity index is 2.23. The number of carbonyl (C=O) groups is 1. The summed E-state index contributed by atoms with van der Waals surface area (Å²) in [6, 6.07) is 7.66. The van der Waals surface area contributed by atoms with Crippen LogP contribution < -0.4 is 10.5 Å². The molecule has 21 heavy (non-hydrogen) atoms. The Hall–Kier alpha value is -1.48. The molecule has 6 nitrogen and oxygen atoms in total. The third-order valence-electron chi connectivity index (χ3n) is 2.87. The van der Waals surface area contributed by atoms with Crippen molar-refractivity contribution in [2.45, 2.75) is 6.61 Å². The fourth-order valence-corrected chi connectivity index (χ4v) is 3.47. The van der Waals surface area contributed by atoms with Gasteiger partial charge in [-0.15, -0.1) is 11.3 Å². The normalized spacial score (nSPS) is 11.7. The molecule has 0 radical (unpaired) electrons. The van der Waals surface area contributed by atoms with E-state index in [1.54, 1.807) is 7.11 Å². The summed E-state index contributed by atoms with van der Waals surface area (Å²) in [5, 5.41) is 8.45. The molecule has 0 aliphatic heterocycles. The van der Waals surface area contributed by atoms with E-state index in [9.17, 15) is 13.2 Å². The van der Waals surface area contributed by atoms with Crippen LogP contribution in [0.2, 0.25) is 0 Å². The maximum Gasteiger partial charge on any atom is 0.261 e. The second kappa shape index (κ2) is 6.52. The summed E-state index contributed by atoms with van der Waals surface area (Å²) in [4.78, 5) is 12.7. The number of benzene rings is 1. The molecule has 3 N–H and O–H groups in total. The quantitative estimate of drug-likeness (QED) is 0.828. The predicted molar refractivity (Wildman–Crippen MR) is 82.8 cm³/mol. The van der Waals surface area contributed by atoms with Gasteiger partial charge in [-0.1, -0.05) is 18.2 Å². The molecule has 2 rings (SSSR count). The van der Waals surface area contributed by atoms with Crippen LogP contribution in [0.1, 0.15) is 15.2 Å². The first kappa shape index (κ1) is 15.9. The number of ether oxygens (including phenoxy) is 1. The highest BCUT2D eigenvalue weighted by Gasteiger charge is 2.18. The number of thiophene rings is 1. The number of nitrogens with one attached hydrogen (secondary N) is 1. The summed E-state index contributed by atoms with van der Waals surface area (Å²) >= 11 is 1.36. The maximum absolute atomic E-state index is 12.2. The number of carbonyl (C=O) groups excluding carboxylic acids is 1. The molecule has 1 heterocycles. The average molecular weight is 328 g/mol. The molecule has 8 heteroatoms. The zero-order chi connectivity index (χ0) is 15.5. The number of amides is 1. The van der Waals surface area contributed by atoms with Gasteiger partial charge in [-0.3, -0.25) is 4.79 Å². The lowest BCUT2D eigenvalue weighted by atomic mass is 10.1. The van der Waals surface area contributed by atoms with Gasteiger partial charge in [-0.05, 0) is 11.5 Å². The first-order valence-electron chi connectivity index (χ1n) is 6.20. The number of nitrogens with two attached hydrogens (primary N) is 1. The van der Waals surface area contributed by atoms with Gasteiger partial charge < -0.3 is 10.1 Å². The summed E-state index contributed by atoms with van der Waals surface area (Å²) in [5.74, 6) is -0.602. The largest absolute Gasteiger partial charge is 0.380 e. The van der Waals surface area contributed by atoms with Crippen molar-refractivity contribution in [3.05, 3.63) is 34.7 Å². The highest BCUT2D eigenvalue weighted by molar-refractivity contribution is 7.89. The fourth-order valence-electron chi connectivity index (χ4n) is 1.96. The third-order valence-corrected chi connectivity index (χ3v) is 4.85. The van der Waals surface area contributed by atoms with E-state index in [2.05, 4.69) is 5.32 Å². The van der Waals surface area contributed by atoms with E-state index in [-0.39, 0.29) is 18.2 Å². The van der Waals surface area contributed by atoms with E-state index < -0.39 is 10.0 Å². The lowest BCUT2D eigenvalue weighted by Crippen LogP contribution is -2.31. The van der Waals surface area contributed by atoms with Crippen molar-refractivity contribution < 1.29 is 17.9 Å². The molecule has 0 saturated carbocycles. The number of hydrogen-bond acceptors (Lipinski definition) is 5. The van der Waals surface area contributed by atoms with Gasteiger partial charge in [-0.25, -0.2) is 13.6 Å². The molecule has 0 bridgehead atoms. The SMILES string of the molecule is COCc1c(C(=O)NCCS(N)(=O)=O)sc2ccccc12. The Bertz CT molecular complexity index is 753. The van der Waals surface area contributed by atoms with Crippen molar-refractivity contribution in [2.24, 2.45) is 5.14 Å². The molecule has 0 aliphatic rings. The van der Waals surface area contributed by atoms with Crippen molar-refractivity contribution in [3.8, 4) is 0 Å². The lowest BCUT2D eigenvalue weighted by molar-refractivity contribution is 0.0956. The number of primary sulfonamides is 1. The molecule has 0 unspecified atom stereocenters. The Kier molecular flexibility index (Phi) is 4.94. The summed E-state index contributed by atoms with van der Waals surface area (Å²) < 4.78 is 27.9. The van der Waals surface area contributed by atoms with Gasteiger partial charge in [0.2, 0.25) is 10.0 Å². The van der Waals surface area contributed by atoms with Crippen LogP contribution in [0, 0.1) is 0 Å². The smallest absolute Gasteiger partial charge is 0.261 e. The van der Waals surface area contributed by atoms with E-state index in [1.807, 2.05) is 24.3 Å². The Labute approximate surface area is 127 Å². The van der Waals surface area contributed by atoms with Gasteiger partial charge in [0, 0.05) is 23.9 Å². The van der Waals surface area contributed by atoms with Gasteiger partial charge >= 0.3 is 0 Å². The fraction of sp³-hybridized carbons (Fsp3) is 0.308. The molecule has 1 amide bonds. The number of sulfonamides is 1. The molecule has 1 aromatic carbocycles. The summed E-state index contributed by atoms with van der Waals surface area (Å²) in [5.41, 5.74) is 0.811. The van der Waals surface area contributed by atoms with Crippen LogP contribution in [0.15, 0.2) is 24.3 Å². The van der Waals surface area contributed by atoms with Gasteiger partial charge in [0.1, 0.15) is 0 Å². The van der Waals surface area contributed by atoms with E-state index in [0.717, 1.165) is 15.6 Å².